The van der Waals surface area contributed by atoms with E-state index < -0.39 is 34.5 Å². The van der Waals surface area contributed by atoms with Crippen LogP contribution in [0.25, 0.3) is 0 Å². The topological polar surface area (TPSA) is 114 Å². The number of ether oxygens (including phenoxy) is 2. The van der Waals surface area contributed by atoms with Gasteiger partial charge in [0.25, 0.3) is 0 Å². The smallest absolute Gasteiger partial charge is 0.244 e. The van der Waals surface area contributed by atoms with Crippen molar-refractivity contribution in [1.82, 2.24) is 0 Å². The van der Waals surface area contributed by atoms with Gasteiger partial charge in [-0.05, 0) is 23.6 Å². The summed E-state index contributed by atoms with van der Waals surface area (Å²) in [6.45, 7) is 1.67. The lowest BCUT2D eigenvalue weighted by atomic mass is 9.54. The molecular weight excluding hydrogens is 396 g/mol. The molecule has 3 heterocycles. The van der Waals surface area contributed by atoms with Gasteiger partial charge in [0, 0.05) is 15.5 Å². The standard InChI is InChI=1S/C20H13ClN4O2S/c1-12-19(11-24)17(25)27-20(12,13-4-2-5-14(21)8-13)26-16(15-6-3-7-28-15)18(19,9-22)10-23/h2-8,12,16,25H,1H3. The molecule has 0 amide bonds. The third-order valence-electron chi connectivity index (χ3n) is 5.70. The number of hydrogen-bond acceptors (Lipinski definition) is 7. The molecule has 28 heavy (non-hydrogen) atoms. The van der Waals surface area contributed by atoms with Crippen molar-refractivity contribution in [3.8, 4) is 18.2 Å². The molecule has 2 aliphatic rings. The molecule has 1 N–H and O–H groups in total. The molecular formula is C20H13ClN4O2S. The van der Waals surface area contributed by atoms with Crippen LogP contribution in [0.1, 0.15) is 23.5 Å². The molecule has 8 heteroatoms. The van der Waals surface area contributed by atoms with Gasteiger partial charge >= 0.3 is 0 Å². The zero-order chi connectivity index (χ0) is 20.2. The third-order valence-corrected chi connectivity index (χ3v) is 6.85. The lowest BCUT2D eigenvalue weighted by Gasteiger charge is -2.48. The van der Waals surface area contributed by atoms with E-state index in [-0.39, 0.29) is 0 Å². The van der Waals surface area contributed by atoms with Crippen molar-refractivity contribution >= 4 is 28.8 Å². The lowest BCUT2D eigenvalue weighted by Crippen LogP contribution is -2.57. The number of hydrogen-bond donors (Lipinski definition) is 1. The normalized spacial score (nSPS) is 32.6. The van der Waals surface area contributed by atoms with Gasteiger partial charge in [0.15, 0.2) is 5.41 Å². The number of fused-ring (bicyclic) bond motifs is 2. The summed E-state index contributed by atoms with van der Waals surface area (Å²) in [6.07, 6.45) is -1.07. The van der Waals surface area contributed by atoms with Crippen molar-refractivity contribution in [2.75, 3.05) is 0 Å². The minimum absolute atomic E-state index is 0.440. The van der Waals surface area contributed by atoms with Gasteiger partial charge < -0.3 is 9.47 Å². The van der Waals surface area contributed by atoms with E-state index in [1.807, 2.05) is 12.1 Å². The predicted molar refractivity (Wildman–Crippen MR) is 101 cm³/mol. The average molecular weight is 409 g/mol. The largest absolute Gasteiger partial charge is 0.443 e. The number of benzene rings is 1. The van der Waals surface area contributed by atoms with Crippen molar-refractivity contribution in [3.63, 3.8) is 0 Å². The number of nitrogens with one attached hydrogen (secondary N) is 1. The molecule has 2 saturated heterocycles. The fraction of sp³-hybridized carbons (Fsp3) is 0.300. The van der Waals surface area contributed by atoms with Crippen LogP contribution in [0.3, 0.4) is 0 Å². The predicted octanol–water partition coefficient (Wildman–Crippen LogP) is 4.51. The third kappa shape index (κ3) is 1.95. The van der Waals surface area contributed by atoms with E-state index in [4.69, 9.17) is 26.5 Å². The van der Waals surface area contributed by atoms with Gasteiger partial charge in [-0.2, -0.15) is 15.8 Å². The van der Waals surface area contributed by atoms with Crippen molar-refractivity contribution in [2.24, 2.45) is 16.7 Å². The van der Waals surface area contributed by atoms with E-state index in [1.165, 1.54) is 11.3 Å². The molecule has 2 aromatic rings. The number of rotatable bonds is 2. The molecule has 2 fully saturated rings. The van der Waals surface area contributed by atoms with E-state index in [0.29, 0.717) is 15.5 Å². The summed E-state index contributed by atoms with van der Waals surface area (Å²) < 4.78 is 12.2. The summed E-state index contributed by atoms with van der Waals surface area (Å²) in [4.78, 5) is 0.610. The summed E-state index contributed by atoms with van der Waals surface area (Å²) in [5.41, 5.74) is -3.21. The van der Waals surface area contributed by atoms with Crippen molar-refractivity contribution < 1.29 is 9.47 Å². The first-order chi connectivity index (χ1) is 13.4. The molecule has 2 bridgehead atoms. The van der Waals surface area contributed by atoms with Crippen molar-refractivity contribution in [2.45, 2.75) is 18.8 Å². The Morgan fingerprint density at radius 3 is 2.46 bits per heavy atom. The molecule has 0 radical (unpaired) electrons. The van der Waals surface area contributed by atoms with Gasteiger partial charge in [0.05, 0.1) is 24.1 Å². The first-order valence-corrected chi connectivity index (χ1v) is 9.66. The fourth-order valence-electron chi connectivity index (χ4n) is 4.27. The first-order valence-electron chi connectivity index (χ1n) is 8.41. The van der Waals surface area contributed by atoms with Gasteiger partial charge in [-0.15, -0.1) is 11.3 Å². The molecule has 138 valence electrons. The second kappa shape index (κ2) is 6.06. The van der Waals surface area contributed by atoms with Crippen LogP contribution in [0, 0.1) is 56.2 Å². The van der Waals surface area contributed by atoms with Gasteiger partial charge in [-0.1, -0.05) is 36.7 Å². The summed E-state index contributed by atoms with van der Waals surface area (Å²) >= 11 is 7.48. The van der Waals surface area contributed by atoms with E-state index >= 15 is 0 Å². The minimum atomic E-state index is -1.94. The maximum absolute atomic E-state index is 10.2. The Morgan fingerprint density at radius 1 is 1.14 bits per heavy atom. The number of nitriles is 3. The molecule has 0 saturated carbocycles. The van der Waals surface area contributed by atoms with Crippen molar-refractivity contribution in [3.05, 3.63) is 57.2 Å². The van der Waals surface area contributed by atoms with E-state index in [1.54, 1.807) is 48.7 Å². The molecule has 0 aliphatic carbocycles. The zero-order valence-electron chi connectivity index (χ0n) is 14.6. The summed E-state index contributed by atoms with van der Waals surface area (Å²) in [5, 5.41) is 41.1. The highest BCUT2D eigenvalue weighted by molar-refractivity contribution is 7.10. The molecule has 2 aliphatic heterocycles. The van der Waals surface area contributed by atoms with E-state index in [9.17, 15) is 15.8 Å². The second-order valence-electron chi connectivity index (χ2n) is 6.80. The average Bonchev–Trinajstić information content (AvgIpc) is 3.28. The highest BCUT2D eigenvalue weighted by Crippen LogP contribution is 2.69. The molecule has 4 rings (SSSR count). The molecule has 1 aromatic carbocycles. The van der Waals surface area contributed by atoms with Crippen LogP contribution < -0.4 is 0 Å². The highest BCUT2D eigenvalue weighted by Gasteiger charge is 2.79. The number of thiophene rings is 1. The monoisotopic (exact) mass is 408 g/mol. The van der Waals surface area contributed by atoms with Crippen LogP contribution in [0.2, 0.25) is 5.02 Å². The van der Waals surface area contributed by atoms with E-state index in [0.717, 1.165) is 0 Å². The maximum atomic E-state index is 10.2. The molecule has 4 atom stereocenters. The SMILES string of the molecule is CC1C2(c3cccc(Cl)c3)OC(=N)C1(C#N)C(C#N)(C#N)C(c1cccs1)O2. The van der Waals surface area contributed by atoms with Gasteiger partial charge in [0.2, 0.25) is 17.1 Å². The zero-order valence-corrected chi connectivity index (χ0v) is 16.2. The quantitative estimate of drug-likeness (QED) is 0.784. The maximum Gasteiger partial charge on any atom is 0.244 e. The fourth-order valence-corrected chi connectivity index (χ4v) is 5.28. The Balaban J connectivity index is 2.05. The Labute approximate surface area is 170 Å². The summed E-state index contributed by atoms with van der Waals surface area (Å²) in [7, 11) is 0. The molecule has 6 nitrogen and oxygen atoms in total. The molecule has 1 aromatic heterocycles. The summed E-state index contributed by atoms with van der Waals surface area (Å²) in [6, 6.07) is 16.5. The molecule has 4 unspecified atom stereocenters. The van der Waals surface area contributed by atoms with Crippen LogP contribution in [0.15, 0.2) is 41.8 Å². The number of nitrogens with zero attached hydrogens (tertiary/aromatic N) is 3. The second-order valence-corrected chi connectivity index (χ2v) is 8.21. The van der Waals surface area contributed by atoms with Crippen LogP contribution in [0.4, 0.5) is 0 Å². The van der Waals surface area contributed by atoms with Crippen LogP contribution in [-0.4, -0.2) is 5.90 Å². The Bertz CT molecular complexity index is 1080. The Hall–Kier alpha value is -2.89. The lowest BCUT2D eigenvalue weighted by molar-refractivity contribution is -0.287. The summed E-state index contributed by atoms with van der Waals surface area (Å²) in [5.74, 6) is -2.75. The highest BCUT2D eigenvalue weighted by atomic mass is 35.5. The van der Waals surface area contributed by atoms with Crippen LogP contribution in [0.5, 0.6) is 0 Å². The van der Waals surface area contributed by atoms with E-state index in [2.05, 4.69) is 6.07 Å². The van der Waals surface area contributed by atoms with Gasteiger partial charge in [0.1, 0.15) is 6.10 Å². The van der Waals surface area contributed by atoms with Crippen LogP contribution in [-0.2, 0) is 15.3 Å². The van der Waals surface area contributed by atoms with Crippen LogP contribution >= 0.6 is 22.9 Å². The minimum Gasteiger partial charge on any atom is -0.443 e. The Kier molecular flexibility index (Phi) is 4.00. The van der Waals surface area contributed by atoms with Gasteiger partial charge in [-0.25, -0.2) is 0 Å². The van der Waals surface area contributed by atoms with Gasteiger partial charge in [-0.3, -0.25) is 5.41 Å². The van der Waals surface area contributed by atoms with Crippen molar-refractivity contribution in [1.29, 1.82) is 21.2 Å². The first kappa shape index (κ1) is 18.5. The number of halogens is 1. The molecule has 0 spiro atoms. The Morgan fingerprint density at radius 2 is 1.89 bits per heavy atom.